The third kappa shape index (κ3) is 2.09. The van der Waals surface area contributed by atoms with Crippen LogP contribution in [0.15, 0.2) is 17.8 Å². The molecule has 0 saturated carbocycles. The summed E-state index contributed by atoms with van der Waals surface area (Å²) in [6, 6.07) is 0. The van der Waals surface area contributed by atoms with E-state index in [1.54, 1.807) is 34.8 Å². The Hall–Kier alpha value is -1.67. The van der Waals surface area contributed by atoms with E-state index < -0.39 is 10.8 Å². The van der Waals surface area contributed by atoms with Crippen LogP contribution >= 0.6 is 11.3 Å². The average molecular weight is 333 g/mol. The van der Waals surface area contributed by atoms with Crippen molar-refractivity contribution in [3.8, 4) is 5.82 Å². The molecule has 0 bridgehead atoms. The van der Waals surface area contributed by atoms with Crippen LogP contribution in [0.4, 0.5) is 0 Å². The van der Waals surface area contributed by atoms with Crippen molar-refractivity contribution in [2.45, 2.75) is 31.3 Å². The Balaban J connectivity index is 1.99. The Morgan fingerprint density at radius 2 is 2.27 bits per heavy atom. The lowest BCUT2D eigenvalue weighted by molar-refractivity contribution is 0.509. The maximum absolute atomic E-state index is 11.9. The third-order valence-electron chi connectivity index (χ3n) is 4.07. The summed E-state index contributed by atoms with van der Waals surface area (Å²) in [6.45, 7) is 2.29. The zero-order chi connectivity index (χ0) is 15.3. The van der Waals surface area contributed by atoms with Crippen LogP contribution in [-0.4, -0.2) is 35.2 Å². The molecule has 0 N–H and O–H groups in total. The molecule has 3 heterocycles. The minimum Gasteiger partial charge on any atom is -0.257 e. The molecule has 6 nitrogen and oxygen atoms in total. The van der Waals surface area contributed by atoms with Gasteiger partial charge in [-0.1, -0.05) is 6.92 Å². The maximum Gasteiger partial charge on any atom is 0.226 e. The Kier molecular flexibility index (Phi) is 3.30. The third-order valence-corrected chi connectivity index (χ3v) is 6.03. The number of aryl methyl sites for hydroxylation is 1. The molecule has 114 valence electrons. The van der Waals surface area contributed by atoms with Crippen molar-refractivity contribution >= 4 is 32.4 Å². The van der Waals surface area contributed by atoms with Gasteiger partial charge in [0.2, 0.25) is 5.16 Å². The highest BCUT2D eigenvalue weighted by Gasteiger charge is 2.24. The first-order chi connectivity index (χ1) is 10.6. The van der Waals surface area contributed by atoms with Crippen LogP contribution in [0.3, 0.4) is 0 Å². The Morgan fingerprint density at radius 3 is 3.09 bits per heavy atom. The summed E-state index contributed by atoms with van der Waals surface area (Å²) in [5, 5.41) is 9.35. The fourth-order valence-corrected chi connectivity index (χ4v) is 4.92. The van der Waals surface area contributed by atoms with E-state index in [4.69, 9.17) is 0 Å². The summed E-state index contributed by atoms with van der Waals surface area (Å²) in [7, 11) is -1.22. The van der Waals surface area contributed by atoms with Crippen LogP contribution in [0.1, 0.15) is 23.8 Å². The molecule has 0 aliphatic heterocycles. The van der Waals surface area contributed by atoms with Gasteiger partial charge >= 0.3 is 0 Å². The second-order valence-corrected chi connectivity index (χ2v) is 8.02. The molecular formula is C14H15N5OS2. The summed E-state index contributed by atoms with van der Waals surface area (Å²) < 4.78 is 13.6. The van der Waals surface area contributed by atoms with Crippen molar-refractivity contribution in [2.75, 3.05) is 6.26 Å². The molecule has 8 heteroatoms. The number of thiophene rings is 1. The van der Waals surface area contributed by atoms with Gasteiger partial charge in [0, 0.05) is 11.1 Å². The molecule has 0 fully saturated rings. The van der Waals surface area contributed by atoms with Gasteiger partial charge in [0.05, 0.1) is 16.2 Å². The smallest absolute Gasteiger partial charge is 0.226 e. The molecule has 0 spiro atoms. The fourth-order valence-electron chi connectivity index (χ4n) is 3.01. The molecule has 0 aromatic carbocycles. The number of nitrogens with zero attached hydrogens (tertiary/aromatic N) is 5. The van der Waals surface area contributed by atoms with Crippen molar-refractivity contribution in [1.29, 1.82) is 0 Å². The van der Waals surface area contributed by atoms with Crippen LogP contribution in [0, 0.1) is 5.92 Å². The molecule has 22 heavy (non-hydrogen) atoms. The highest BCUT2D eigenvalue weighted by molar-refractivity contribution is 7.84. The van der Waals surface area contributed by atoms with E-state index >= 15 is 0 Å². The lowest BCUT2D eigenvalue weighted by Gasteiger charge is -2.18. The molecule has 2 atom stereocenters. The predicted molar refractivity (Wildman–Crippen MR) is 85.9 cm³/mol. The van der Waals surface area contributed by atoms with Gasteiger partial charge in [0.1, 0.15) is 17.5 Å². The van der Waals surface area contributed by atoms with Crippen LogP contribution in [-0.2, 0) is 23.6 Å². The molecule has 0 unspecified atom stereocenters. The first kappa shape index (κ1) is 14.0. The van der Waals surface area contributed by atoms with Gasteiger partial charge in [-0.05, 0) is 30.7 Å². The number of fused-ring (bicyclic) bond motifs is 3. The van der Waals surface area contributed by atoms with Crippen LogP contribution in [0.5, 0.6) is 0 Å². The number of hydrogen-bond acceptors (Lipinski definition) is 6. The maximum atomic E-state index is 11.9. The van der Waals surface area contributed by atoms with E-state index in [-0.39, 0.29) is 0 Å². The highest BCUT2D eigenvalue weighted by Crippen LogP contribution is 2.39. The Labute approximate surface area is 134 Å². The number of aromatic nitrogens is 5. The summed E-state index contributed by atoms with van der Waals surface area (Å²) in [6.07, 6.45) is 8.07. The molecule has 0 saturated heterocycles. The summed E-state index contributed by atoms with van der Waals surface area (Å²) in [5.74, 6) is 1.46. The van der Waals surface area contributed by atoms with Crippen molar-refractivity contribution in [2.24, 2.45) is 5.92 Å². The van der Waals surface area contributed by atoms with Gasteiger partial charge in [0.15, 0.2) is 5.82 Å². The van der Waals surface area contributed by atoms with Crippen LogP contribution in [0.2, 0.25) is 0 Å². The molecule has 0 amide bonds. The van der Waals surface area contributed by atoms with Gasteiger partial charge < -0.3 is 0 Å². The lowest BCUT2D eigenvalue weighted by atomic mass is 9.89. The van der Waals surface area contributed by atoms with Gasteiger partial charge in [-0.2, -0.15) is 0 Å². The Bertz CT molecular complexity index is 885. The van der Waals surface area contributed by atoms with Gasteiger partial charge in [-0.25, -0.2) is 9.97 Å². The second-order valence-electron chi connectivity index (χ2n) is 5.67. The summed E-state index contributed by atoms with van der Waals surface area (Å²) in [4.78, 5) is 11.3. The van der Waals surface area contributed by atoms with Crippen molar-refractivity contribution in [3.63, 3.8) is 0 Å². The van der Waals surface area contributed by atoms with Crippen molar-refractivity contribution in [3.05, 3.63) is 23.1 Å². The van der Waals surface area contributed by atoms with Crippen LogP contribution in [0.25, 0.3) is 16.0 Å². The average Bonchev–Trinajstić information content (AvgIpc) is 3.10. The molecule has 1 aliphatic rings. The number of rotatable bonds is 2. The SMILES string of the molecule is C[C@@H]1CCc2c(sc3ncnc(-n4cnnc4[S@@](C)=O)c23)C1. The summed E-state index contributed by atoms with van der Waals surface area (Å²) >= 11 is 1.75. The lowest BCUT2D eigenvalue weighted by Crippen LogP contribution is -2.10. The monoisotopic (exact) mass is 333 g/mol. The van der Waals surface area contributed by atoms with Gasteiger partial charge in [-0.15, -0.1) is 21.5 Å². The first-order valence-corrected chi connectivity index (χ1v) is 9.51. The summed E-state index contributed by atoms with van der Waals surface area (Å²) in [5.41, 5.74) is 1.34. The Morgan fingerprint density at radius 1 is 1.41 bits per heavy atom. The van der Waals surface area contributed by atoms with E-state index in [1.807, 2.05) is 0 Å². The van der Waals surface area contributed by atoms with E-state index in [2.05, 4.69) is 27.1 Å². The molecular weight excluding hydrogens is 318 g/mol. The minimum atomic E-state index is -1.22. The zero-order valence-electron chi connectivity index (χ0n) is 12.3. The predicted octanol–water partition coefficient (Wildman–Crippen LogP) is 2.13. The van der Waals surface area contributed by atoms with Gasteiger partial charge in [0.25, 0.3) is 0 Å². The standard InChI is InChI=1S/C14H15N5OS2/c1-8-3-4-9-10(5-8)21-13-11(9)12(15-6-16-13)19-7-17-18-14(19)22(2)20/h6-8H,3-5H2,1-2H3/t8-,22-/m1/s1. The van der Waals surface area contributed by atoms with Crippen molar-refractivity contribution in [1.82, 2.24) is 24.7 Å². The van der Waals surface area contributed by atoms with E-state index in [0.717, 1.165) is 28.9 Å². The number of hydrogen-bond donors (Lipinski definition) is 0. The normalized spacial score (nSPS) is 19.3. The molecule has 1 aliphatic carbocycles. The van der Waals surface area contributed by atoms with Gasteiger partial charge in [-0.3, -0.25) is 8.78 Å². The highest BCUT2D eigenvalue weighted by atomic mass is 32.2. The fraction of sp³-hybridized carbons (Fsp3) is 0.429. The topological polar surface area (TPSA) is 73.6 Å². The second kappa shape index (κ2) is 5.20. The van der Waals surface area contributed by atoms with Crippen molar-refractivity contribution < 1.29 is 4.21 Å². The molecule has 3 aromatic rings. The first-order valence-electron chi connectivity index (χ1n) is 7.14. The quantitative estimate of drug-likeness (QED) is 0.718. The molecule has 0 radical (unpaired) electrons. The van der Waals surface area contributed by atoms with E-state index in [0.29, 0.717) is 11.1 Å². The van der Waals surface area contributed by atoms with Crippen LogP contribution < -0.4 is 0 Å². The largest absolute Gasteiger partial charge is 0.257 e. The van der Waals surface area contributed by atoms with E-state index in [9.17, 15) is 4.21 Å². The minimum absolute atomic E-state index is 0.420. The molecule has 3 aromatic heterocycles. The zero-order valence-corrected chi connectivity index (χ0v) is 13.9. The molecule has 4 rings (SSSR count). The van der Waals surface area contributed by atoms with E-state index in [1.165, 1.54) is 16.9 Å².